The maximum atomic E-state index is 13.1. The van der Waals surface area contributed by atoms with E-state index in [2.05, 4.69) is 5.32 Å². The molecule has 3 heteroatoms. The molecular formula is C10H10FNO. The van der Waals surface area contributed by atoms with Gasteiger partial charge in [-0.25, -0.2) is 4.39 Å². The molecule has 1 unspecified atom stereocenters. The first-order valence-corrected chi connectivity index (χ1v) is 4.20. The van der Waals surface area contributed by atoms with Gasteiger partial charge in [-0.1, -0.05) is 0 Å². The smallest absolute Gasteiger partial charge is 0.231 e. The number of benzene rings is 1. The Morgan fingerprint density at radius 1 is 1.46 bits per heavy atom. The number of rotatable bonds is 0. The summed E-state index contributed by atoms with van der Waals surface area (Å²) < 4.78 is 13.1. The second kappa shape index (κ2) is 2.55. The quantitative estimate of drug-likeness (QED) is 0.649. The summed E-state index contributed by atoms with van der Waals surface area (Å²) in [4.78, 5) is 11.2. The standard InChI is InChI=1S/C10H10FNO/c1-5-3-9-7(4-8(5)11)6(2)10(13)12-9/h3-4,6H,1-2H3,(H,12,13). The summed E-state index contributed by atoms with van der Waals surface area (Å²) in [6.07, 6.45) is 0. The van der Waals surface area contributed by atoms with E-state index in [1.165, 1.54) is 6.07 Å². The summed E-state index contributed by atoms with van der Waals surface area (Å²) in [5.74, 6) is -0.535. The minimum atomic E-state index is -0.248. The summed E-state index contributed by atoms with van der Waals surface area (Å²) in [6.45, 7) is 3.46. The van der Waals surface area contributed by atoms with E-state index in [0.717, 1.165) is 11.3 Å². The van der Waals surface area contributed by atoms with E-state index < -0.39 is 0 Å². The van der Waals surface area contributed by atoms with Gasteiger partial charge in [-0.3, -0.25) is 4.79 Å². The number of aryl methyl sites for hydroxylation is 1. The van der Waals surface area contributed by atoms with E-state index in [0.29, 0.717) is 5.56 Å². The van der Waals surface area contributed by atoms with Crippen molar-refractivity contribution < 1.29 is 9.18 Å². The molecule has 1 N–H and O–H groups in total. The molecule has 1 aromatic rings. The van der Waals surface area contributed by atoms with Crippen molar-refractivity contribution in [1.29, 1.82) is 0 Å². The Balaban J connectivity index is 2.59. The van der Waals surface area contributed by atoms with Crippen LogP contribution in [0.1, 0.15) is 24.0 Å². The Morgan fingerprint density at radius 3 is 2.85 bits per heavy atom. The molecule has 0 spiro atoms. The molecule has 0 aliphatic carbocycles. The second-order valence-corrected chi connectivity index (χ2v) is 3.40. The number of carbonyl (C=O) groups excluding carboxylic acids is 1. The molecule has 1 aromatic carbocycles. The minimum absolute atomic E-state index is 0.0556. The molecule has 0 radical (unpaired) electrons. The number of anilines is 1. The van der Waals surface area contributed by atoms with Crippen LogP contribution in [-0.2, 0) is 4.79 Å². The first kappa shape index (κ1) is 8.23. The molecular weight excluding hydrogens is 169 g/mol. The van der Waals surface area contributed by atoms with E-state index in [9.17, 15) is 9.18 Å². The number of nitrogens with one attached hydrogen (secondary N) is 1. The number of halogens is 1. The number of amides is 1. The lowest BCUT2D eigenvalue weighted by Crippen LogP contribution is -2.08. The summed E-state index contributed by atoms with van der Waals surface area (Å²) in [5.41, 5.74) is 2.07. The predicted molar refractivity (Wildman–Crippen MR) is 48.2 cm³/mol. The SMILES string of the molecule is Cc1cc2c(cc1F)C(C)C(=O)N2. The van der Waals surface area contributed by atoms with Gasteiger partial charge < -0.3 is 5.32 Å². The van der Waals surface area contributed by atoms with Crippen LogP contribution in [0.3, 0.4) is 0 Å². The second-order valence-electron chi connectivity index (χ2n) is 3.40. The fourth-order valence-electron chi connectivity index (χ4n) is 1.55. The lowest BCUT2D eigenvalue weighted by atomic mass is 10.0. The molecule has 68 valence electrons. The fourth-order valence-corrected chi connectivity index (χ4v) is 1.55. The minimum Gasteiger partial charge on any atom is -0.325 e. The lowest BCUT2D eigenvalue weighted by molar-refractivity contribution is -0.116. The number of hydrogen-bond donors (Lipinski definition) is 1. The van der Waals surface area contributed by atoms with Gasteiger partial charge >= 0.3 is 0 Å². The number of carbonyl (C=O) groups is 1. The molecule has 0 saturated heterocycles. The molecule has 1 atom stereocenters. The first-order valence-electron chi connectivity index (χ1n) is 4.20. The van der Waals surface area contributed by atoms with Crippen LogP contribution < -0.4 is 5.32 Å². The van der Waals surface area contributed by atoms with Crippen molar-refractivity contribution in [3.05, 3.63) is 29.1 Å². The van der Waals surface area contributed by atoms with Gasteiger partial charge in [0.05, 0.1) is 5.92 Å². The van der Waals surface area contributed by atoms with Crippen molar-refractivity contribution in [1.82, 2.24) is 0 Å². The molecule has 0 aromatic heterocycles. The van der Waals surface area contributed by atoms with Crippen LogP contribution in [0.25, 0.3) is 0 Å². The van der Waals surface area contributed by atoms with Crippen molar-refractivity contribution in [3.8, 4) is 0 Å². The molecule has 0 saturated carbocycles. The number of hydrogen-bond acceptors (Lipinski definition) is 1. The number of fused-ring (bicyclic) bond motifs is 1. The van der Waals surface area contributed by atoms with Crippen LogP contribution in [0.5, 0.6) is 0 Å². The van der Waals surface area contributed by atoms with Crippen LogP contribution in [0, 0.1) is 12.7 Å². The first-order chi connectivity index (χ1) is 6.09. The van der Waals surface area contributed by atoms with Crippen molar-refractivity contribution >= 4 is 11.6 Å². The summed E-state index contributed by atoms with van der Waals surface area (Å²) in [6, 6.07) is 3.11. The highest BCUT2D eigenvalue weighted by Gasteiger charge is 2.27. The highest BCUT2D eigenvalue weighted by atomic mass is 19.1. The van der Waals surface area contributed by atoms with Gasteiger partial charge in [0.2, 0.25) is 5.91 Å². The van der Waals surface area contributed by atoms with Gasteiger partial charge in [-0.2, -0.15) is 0 Å². The van der Waals surface area contributed by atoms with Crippen LogP contribution in [0.15, 0.2) is 12.1 Å². The van der Waals surface area contributed by atoms with Gasteiger partial charge in [0.15, 0.2) is 0 Å². The van der Waals surface area contributed by atoms with E-state index in [1.54, 1.807) is 19.9 Å². The van der Waals surface area contributed by atoms with Crippen LogP contribution in [-0.4, -0.2) is 5.91 Å². The van der Waals surface area contributed by atoms with E-state index in [1.807, 2.05) is 0 Å². The Kier molecular flexibility index (Phi) is 1.62. The van der Waals surface area contributed by atoms with Crippen molar-refractivity contribution in [3.63, 3.8) is 0 Å². The van der Waals surface area contributed by atoms with Crippen molar-refractivity contribution in [2.75, 3.05) is 5.32 Å². The molecule has 2 rings (SSSR count). The molecule has 1 amide bonds. The van der Waals surface area contributed by atoms with E-state index in [-0.39, 0.29) is 17.6 Å². The van der Waals surface area contributed by atoms with Gasteiger partial charge in [-0.15, -0.1) is 0 Å². The average molecular weight is 179 g/mol. The maximum absolute atomic E-state index is 13.1. The zero-order valence-electron chi connectivity index (χ0n) is 7.52. The van der Waals surface area contributed by atoms with Crippen LogP contribution in [0.2, 0.25) is 0 Å². The largest absolute Gasteiger partial charge is 0.325 e. The molecule has 1 aliphatic heterocycles. The van der Waals surface area contributed by atoms with Gasteiger partial charge in [0.1, 0.15) is 5.82 Å². The fraction of sp³-hybridized carbons (Fsp3) is 0.300. The Bertz CT molecular complexity index is 387. The van der Waals surface area contributed by atoms with Crippen molar-refractivity contribution in [2.24, 2.45) is 0 Å². The molecule has 0 fully saturated rings. The Hall–Kier alpha value is -1.38. The summed E-state index contributed by atoms with van der Waals surface area (Å²) in [5, 5.41) is 2.71. The summed E-state index contributed by atoms with van der Waals surface area (Å²) >= 11 is 0. The summed E-state index contributed by atoms with van der Waals surface area (Å²) in [7, 11) is 0. The van der Waals surface area contributed by atoms with Crippen molar-refractivity contribution in [2.45, 2.75) is 19.8 Å². The molecule has 0 bridgehead atoms. The maximum Gasteiger partial charge on any atom is 0.231 e. The van der Waals surface area contributed by atoms with E-state index >= 15 is 0 Å². The molecule has 1 aliphatic rings. The Morgan fingerprint density at radius 2 is 2.15 bits per heavy atom. The van der Waals surface area contributed by atoms with Crippen LogP contribution in [0.4, 0.5) is 10.1 Å². The van der Waals surface area contributed by atoms with Gasteiger partial charge in [0, 0.05) is 5.69 Å². The van der Waals surface area contributed by atoms with Gasteiger partial charge in [0.25, 0.3) is 0 Å². The highest BCUT2D eigenvalue weighted by molar-refractivity contribution is 6.02. The topological polar surface area (TPSA) is 29.1 Å². The molecule has 13 heavy (non-hydrogen) atoms. The zero-order valence-corrected chi connectivity index (χ0v) is 7.52. The highest BCUT2D eigenvalue weighted by Crippen LogP contribution is 2.33. The molecule has 2 nitrogen and oxygen atoms in total. The normalized spacial score (nSPS) is 19.9. The lowest BCUT2D eigenvalue weighted by Gasteiger charge is -2.02. The third-order valence-electron chi connectivity index (χ3n) is 2.45. The van der Waals surface area contributed by atoms with E-state index in [4.69, 9.17) is 0 Å². The predicted octanol–water partition coefficient (Wildman–Crippen LogP) is 2.19. The average Bonchev–Trinajstić information content (AvgIpc) is 2.32. The molecule has 1 heterocycles. The third-order valence-corrected chi connectivity index (χ3v) is 2.45. The third kappa shape index (κ3) is 1.11. The monoisotopic (exact) mass is 179 g/mol. The Labute approximate surface area is 75.8 Å². The van der Waals surface area contributed by atoms with Gasteiger partial charge in [-0.05, 0) is 37.1 Å². The van der Waals surface area contributed by atoms with Crippen LogP contribution >= 0.6 is 0 Å². The zero-order chi connectivity index (χ0) is 9.59.